The number of aliphatic hydroxyl groups is 4. The van der Waals surface area contributed by atoms with Gasteiger partial charge in [0.05, 0.1) is 19.8 Å². The molecule has 9 nitrogen and oxygen atoms in total. The first-order valence-corrected chi connectivity index (χ1v) is 24.6. The highest BCUT2D eigenvalue weighted by Crippen LogP contribution is 2.22. The number of carbonyl (C=O) groups excluding carboxylic acids is 1. The van der Waals surface area contributed by atoms with Gasteiger partial charge in [-0.1, -0.05) is 167 Å². The van der Waals surface area contributed by atoms with Gasteiger partial charge in [0.1, 0.15) is 30.5 Å². The Bertz CT molecular complexity index is 1390. The number of rotatable bonds is 40. The molecule has 1 aliphatic heterocycles. The van der Waals surface area contributed by atoms with Gasteiger partial charge in [0.25, 0.3) is 0 Å². The Balaban J connectivity index is 2.30. The fourth-order valence-electron chi connectivity index (χ4n) is 6.60. The van der Waals surface area contributed by atoms with E-state index < -0.39 is 43.4 Å². The van der Waals surface area contributed by atoms with Gasteiger partial charge in [-0.05, 0) is 103 Å². The van der Waals surface area contributed by atoms with Crippen molar-refractivity contribution >= 4 is 5.97 Å². The minimum atomic E-state index is -1.56. The molecule has 1 saturated heterocycles. The van der Waals surface area contributed by atoms with Crippen LogP contribution in [0.1, 0.15) is 155 Å². The molecule has 1 fully saturated rings. The highest BCUT2D eigenvalue weighted by Gasteiger charge is 2.44. The monoisotopic (exact) mass is 893 g/mol. The summed E-state index contributed by atoms with van der Waals surface area (Å²) in [4.78, 5) is 12.8. The lowest BCUT2D eigenvalue weighted by atomic mass is 9.99. The second-order valence-electron chi connectivity index (χ2n) is 16.1. The second-order valence-corrected chi connectivity index (χ2v) is 16.1. The van der Waals surface area contributed by atoms with Crippen molar-refractivity contribution in [2.24, 2.45) is 0 Å². The minimum Gasteiger partial charge on any atom is -0.457 e. The lowest BCUT2D eigenvalue weighted by Gasteiger charge is -2.39. The Morgan fingerprint density at radius 1 is 0.500 bits per heavy atom. The number of unbranched alkanes of at least 4 members (excludes halogenated alkanes) is 9. The summed E-state index contributed by atoms with van der Waals surface area (Å²) in [5.74, 6) is -0.365. The lowest BCUT2D eigenvalue weighted by molar-refractivity contribution is -0.305. The lowest BCUT2D eigenvalue weighted by Crippen LogP contribution is -2.59. The maximum atomic E-state index is 12.8. The van der Waals surface area contributed by atoms with Crippen LogP contribution in [0.3, 0.4) is 0 Å². The maximum absolute atomic E-state index is 12.8. The van der Waals surface area contributed by atoms with Crippen LogP contribution in [-0.4, -0.2) is 89.6 Å². The molecule has 1 heterocycles. The molecule has 0 aliphatic carbocycles. The highest BCUT2D eigenvalue weighted by molar-refractivity contribution is 5.69. The van der Waals surface area contributed by atoms with E-state index in [4.69, 9.17) is 18.9 Å². The van der Waals surface area contributed by atoms with Crippen LogP contribution in [0.5, 0.6) is 0 Å². The molecular weight excluding hydrogens is 805 g/mol. The molecule has 362 valence electrons. The van der Waals surface area contributed by atoms with Gasteiger partial charge in [0.2, 0.25) is 0 Å². The molecule has 1 aliphatic rings. The summed E-state index contributed by atoms with van der Waals surface area (Å²) in [5.41, 5.74) is 0. The molecule has 6 atom stereocenters. The van der Waals surface area contributed by atoms with E-state index in [0.29, 0.717) is 13.0 Å². The molecule has 0 amide bonds. The zero-order valence-corrected chi connectivity index (χ0v) is 39.7. The second kappa shape index (κ2) is 44.8. The number of aliphatic hydroxyl groups excluding tert-OH is 4. The van der Waals surface area contributed by atoms with E-state index in [1.165, 1.54) is 25.7 Å². The number of esters is 1. The van der Waals surface area contributed by atoms with E-state index in [1.54, 1.807) is 0 Å². The molecule has 1 rings (SSSR count). The van der Waals surface area contributed by atoms with Crippen LogP contribution in [0.25, 0.3) is 0 Å². The Kier molecular flexibility index (Phi) is 41.0. The standard InChI is InChI=1S/C55H88O9/c1-3-5-7-9-11-13-15-17-19-21-23-25-26-28-30-32-34-36-38-40-42-44-51(57)63-49(48-62-55-54(60)53(59)52(58)50(46-56)64-55)47-61-45-43-41-39-37-35-33-31-29-27-24-22-20-18-16-14-12-10-8-6-4-2/h5-8,11-14,17-20,23-25,27-28,30,34,36,49-50,52-56,58-60H,3-4,9-10,15-16,21-22,26,29,31-33,35,37-48H2,1-2H3/b7-5-,8-6-,13-11-,14-12-,19-17-,20-18-,25-23-,27-24-,30-28-,36-34-. The van der Waals surface area contributed by atoms with Gasteiger partial charge in [-0.3, -0.25) is 4.79 Å². The Morgan fingerprint density at radius 3 is 1.36 bits per heavy atom. The van der Waals surface area contributed by atoms with Crippen LogP contribution in [0.2, 0.25) is 0 Å². The average Bonchev–Trinajstić information content (AvgIpc) is 3.30. The first-order valence-electron chi connectivity index (χ1n) is 24.6. The molecule has 0 bridgehead atoms. The molecule has 0 aromatic rings. The third-order valence-electron chi connectivity index (χ3n) is 10.4. The zero-order valence-electron chi connectivity index (χ0n) is 39.7. The Hall–Kier alpha value is -3.41. The summed E-state index contributed by atoms with van der Waals surface area (Å²) in [5, 5.41) is 40.2. The van der Waals surface area contributed by atoms with Gasteiger partial charge in [-0.2, -0.15) is 0 Å². The quantitative estimate of drug-likeness (QED) is 0.0269. The van der Waals surface area contributed by atoms with E-state index in [0.717, 1.165) is 103 Å². The summed E-state index contributed by atoms with van der Waals surface area (Å²) in [7, 11) is 0. The summed E-state index contributed by atoms with van der Waals surface area (Å²) in [6, 6.07) is 0. The number of carbonyl (C=O) groups is 1. The number of ether oxygens (including phenoxy) is 4. The smallest absolute Gasteiger partial charge is 0.306 e. The van der Waals surface area contributed by atoms with Crippen LogP contribution in [-0.2, 0) is 23.7 Å². The summed E-state index contributed by atoms with van der Waals surface area (Å²) >= 11 is 0. The summed E-state index contributed by atoms with van der Waals surface area (Å²) in [6.07, 6.45) is 58.0. The molecule has 64 heavy (non-hydrogen) atoms. The van der Waals surface area contributed by atoms with Gasteiger partial charge in [-0.15, -0.1) is 0 Å². The van der Waals surface area contributed by atoms with Gasteiger partial charge >= 0.3 is 5.97 Å². The van der Waals surface area contributed by atoms with Gasteiger partial charge in [0, 0.05) is 13.0 Å². The molecule has 0 radical (unpaired) electrons. The molecule has 4 N–H and O–H groups in total. The van der Waals surface area contributed by atoms with Crippen molar-refractivity contribution in [2.75, 3.05) is 26.4 Å². The molecule has 0 aromatic heterocycles. The molecule has 0 spiro atoms. The zero-order chi connectivity index (χ0) is 46.4. The predicted octanol–water partition coefficient (Wildman–Crippen LogP) is 11.9. The van der Waals surface area contributed by atoms with Gasteiger partial charge in [0.15, 0.2) is 6.29 Å². The maximum Gasteiger partial charge on any atom is 0.306 e. The third-order valence-corrected chi connectivity index (χ3v) is 10.4. The van der Waals surface area contributed by atoms with Crippen molar-refractivity contribution in [3.8, 4) is 0 Å². The number of allylic oxidation sites excluding steroid dienone is 20. The van der Waals surface area contributed by atoms with E-state index in [1.807, 2.05) is 0 Å². The van der Waals surface area contributed by atoms with Crippen molar-refractivity contribution in [2.45, 2.75) is 192 Å². The van der Waals surface area contributed by atoms with Crippen molar-refractivity contribution in [1.29, 1.82) is 0 Å². The van der Waals surface area contributed by atoms with Crippen LogP contribution >= 0.6 is 0 Å². The van der Waals surface area contributed by atoms with Crippen molar-refractivity contribution in [3.63, 3.8) is 0 Å². The molecule has 0 aromatic carbocycles. The summed E-state index contributed by atoms with van der Waals surface area (Å²) in [6.45, 7) is 4.22. The molecule has 9 heteroatoms. The fourth-order valence-corrected chi connectivity index (χ4v) is 6.60. The van der Waals surface area contributed by atoms with Gasteiger partial charge in [-0.25, -0.2) is 0 Å². The highest BCUT2D eigenvalue weighted by atomic mass is 16.7. The van der Waals surface area contributed by atoms with E-state index >= 15 is 0 Å². The largest absolute Gasteiger partial charge is 0.457 e. The number of hydrogen-bond donors (Lipinski definition) is 4. The number of hydrogen-bond acceptors (Lipinski definition) is 9. The van der Waals surface area contributed by atoms with E-state index in [-0.39, 0.29) is 25.6 Å². The predicted molar refractivity (Wildman–Crippen MR) is 265 cm³/mol. The van der Waals surface area contributed by atoms with Crippen LogP contribution in [0, 0.1) is 0 Å². The molecule has 0 saturated carbocycles. The van der Waals surface area contributed by atoms with E-state index in [9.17, 15) is 25.2 Å². The van der Waals surface area contributed by atoms with Crippen LogP contribution in [0.4, 0.5) is 0 Å². The third kappa shape index (κ3) is 34.9. The Morgan fingerprint density at radius 2 is 0.906 bits per heavy atom. The van der Waals surface area contributed by atoms with Crippen molar-refractivity contribution < 1.29 is 44.2 Å². The van der Waals surface area contributed by atoms with Crippen molar-refractivity contribution in [3.05, 3.63) is 122 Å². The molecular formula is C55H88O9. The molecule has 6 unspecified atom stereocenters. The topological polar surface area (TPSA) is 135 Å². The summed E-state index contributed by atoms with van der Waals surface area (Å²) < 4.78 is 22.8. The SMILES string of the molecule is CC/C=C\C/C=C\C/C=C\C/C=C\C/C=C\C/C=C\CCCCC(=O)OC(COCCCCCCCCC/C=C\C/C=C\C/C=C\C/C=C\CC)COC1OC(CO)C(O)C(O)C1O. The normalized spacial score (nSPS) is 20.6. The first-order chi connectivity index (χ1) is 31.4. The van der Waals surface area contributed by atoms with Crippen LogP contribution < -0.4 is 0 Å². The van der Waals surface area contributed by atoms with Crippen molar-refractivity contribution in [1.82, 2.24) is 0 Å². The Labute approximate surface area is 388 Å². The van der Waals surface area contributed by atoms with Crippen LogP contribution in [0.15, 0.2) is 122 Å². The van der Waals surface area contributed by atoms with Gasteiger partial charge < -0.3 is 39.4 Å². The first kappa shape index (κ1) is 58.6. The minimum absolute atomic E-state index is 0.110. The van der Waals surface area contributed by atoms with E-state index in [2.05, 4.69) is 135 Å². The fraction of sp³-hybridized carbons (Fsp3) is 0.618. The average molecular weight is 893 g/mol.